The fourth-order valence-electron chi connectivity index (χ4n) is 2.08. The van der Waals surface area contributed by atoms with E-state index in [4.69, 9.17) is 4.55 Å². The first-order valence-electron chi connectivity index (χ1n) is 6.40. The molecule has 106 valence electrons. The molecule has 1 heterocycles. The Morgan fingerprint density at radius 2 is 1.81 bits per heavy atom. The molecule has 0 radical (unpaired) electrons. The van der Waals surface area contributed by atoms with E-state index in [1.807, 2.05) is 60.0 Å². The van der Waals surface area contributed by atoms with Crippen LogP contribution in [0.3, 0.4) is 0 Å². The van der Waals surface area contributed by atoms with Crippen LogP contribution in [0.15, 0.2) is 60.0 Å². The second kappa shape index (κ2) is 6.30. The Labute approximate surface area is 129 Å². The molecule has 0 bridgehead atoms. The molecule has 0 amide bonds. The van der Waals surface area contributed by atoms with E-state index in [-0.39, 0.29) is 5.75 Å². The SMILES string of the molecule is O=S(O)Cc1cccc(-c2nc(-c3ccccc3)cs2)c1. The van der Waals surface area contributed by atoms with E-state index in [1.54, 1.807) is 11.3 Å². The second-order valence-corrected chi connectivity index (χ2v) is 6.36. The van der Waals surface area contributed by atoms with E-state index in [0.717, 1.165) is 27.4 Å². The summed E-state index contributed by atoms with van der Waals surface area (Å²) in [4.78, 5) is 4.65. The summed E-state index contributed by atoms with van der Waals surface area (Å²) in [7, 11) is 0. The van der Waals surface area contributed by atoms with Crippen molar-refractivity contribution in [3.63, 3.8) is 0 Å². The maximum Gasteiger partial charge on any atom is 0.157 e. The molecule has 3 rings (SSSR count). The van der Waals surface area contributed by atoms with Crippen LogP contribution < -0.4 is 0 Å². The molecule has 0 aliphatic rings. The van der Waals surface area contributed by atoms with E-state index in [1.165, 1.54) is 0 Å². The van der Waals surface area contributed by atoms with Gasteiger partial charge in [-0.15, -0.1) is 11.3 Å². The molecule has 1 N–H and O–H groups in total. The van der Waals surface area contributed by atoms with Crippen LogP contribution in [0.1, 0.15) is 5.56 Å². The maximum atomic E-state index is 10.9. The zero-order valence-corrected chi connectivity index (χ0v) is 12.7. The molecule has 0 saturated carbocycles. The van der Waals surface area contributed by atoms with Gasteiger partial charge in [0, 0.05) is 16.5 Å². The van der Waals surface area contributed by atoms with Gasteiger partial charge in [-0.05, 0) is 11.6 Å². The Morgan fingerprint density at radius 1 is 1.05 bits per heavy atom. The van der Waals surface area contributed by atoms with Crippen LogP contribution in [0.2, 0.25) is 0 Å². The number of hydrogen-bond acceptors (Lipinski definition) is 3. The predicted molar refractivity (Wildman–Crippen MR) is 87.5 cm³/mol. The normalized spacial score (nSPS) is 12.2. The van der Waals surface area contributed by atoms with Gasteiger partial charge in [0.2, 0.25) is 0 Å². The monoisotopic (exact) mass is 315 g/mol. The number of thiazole rings is 1. The van der Waals surface area contributed by atoms with E-state index >= 15 is 0 Å². The third kappa shape index (κ3) is 3.44. The van der Waals surface area contributed by atoms with Gasteiger partial charge in [0.05, 0.1) is 11.4 Å². The number of hydrogen-bond donors (Lipinski definition) is 1. The summed E-state index contributed by atoms with van der Waals surface area (Å²) < 4.78 is 19.9. The lowest BCUT2D eigenvalue weighted by molar-refractivity contribution is 0.563. The second-order valence-electron chi connectivity index (χ2n) is 4.57. The minimum Gasteiger partial charge on any atom is -0.306 e. The van der Waals surface area contributed by atoms with Gasteiger partial charge < -0.3 is 4.55 Å². The van der Waals surface area contributed by atoms with Gasteiger partial charge >= 0.3 is 0 Å². The quantitative estimate of drug-likeness (QED) is 0.734. The van der Waals surface area contributed by atoms with Crippen LogP contribution in [0.5, 0.6) is 0 Å². The summed E-state index contributed by atoms with van der Waals surface area (Å²) in [5, 5.41) is 2.95. The lowest BCUT2D eigenvalue weighted by Crippen LogP contribution is -1.92. The molecule has 3 nitrogen and oxygen atoms in total. The summed E-state index contributed by atoms with van der Waals surface area (Å²) in [6.45, 7) is 0. The topological polar surface area (TPSA) is 50.2 Å². The standard InChI is InChI=1S/C16H13NO2S2/c18-21(19)11-12-5-4-8-14(9-12)16-17-15(10-20-16)13-6-2-1-3-7-13/h1-10H,11H2,(H,18,19). The first-order chi connectivity index (χ1) is 10.2. The molecule has 1 aromatic heterocycles. The average molecular weight is 315 g/mol. The third-order valence-electron chi connectivity index (χ3n) is 3.04. The van der Waals surface area contributed by atoms with Crippen molar-refractivity contribution < 1.29 is 8.76 Å². The molecular weight excluding hydrogens is 302 g/mol. The summed E-state index contributed by atoms with van der Waals surface area (Å²) in [5.41, 5.74) is 3.86. The predicted octanol–water partition coefficient (Wildman–Crippen LogP) is 4.20. The minimum absolute atomic E-state index is 0.144. The summed E-state index contributed by atoms with van der Waals surface area (Å²) >= 11 is -0.247. The van der Waals surface area contributed by atoms with Crippen molar-refractivity contribution in [2.24, 2.45) is 0 Å². The fraction of sp³-hybridized carbons (Fsp3) is 0.0625. The number of aromatic nitrogens is 1. The number of nitrogens with zero attached hydrogens (tertiary/aromatic N) is 1. The Kier molecular flexibility index (Phi) is 4.24. The minimum atomic E-state index is -1.82. The van der Waals surface area contributed by atoms with Crippen molar-refractivity contribution in [3.05, 3.63) is 65.5 Å². The van der Waals surface area contributed by atoms with Crippen LogP contribution >= 0.6 is 11.3 Å². The van der Waals surface area contributed by atoms with Gasteiger partial charge in [-0.25, -0.2) is 9.19 Å². The molecule has 1 unspecified atom stereocenters. The van der Waals surface area contributed by atoms with Crippen molar-refractivity contribution in [2.75, 3.05) is 0 Å². The summed E-state index contributed by atoms with van der Waals surface area (Å²) in [5.74, 6) is 0.144. The largest absolute Gasteiger partial charge is 0.306 e. The molecule has 0 aliphatic carbocycles. The van der Waals surface area contributed by atoms with Crippen LogP contribution in [0, 0.1) is 0 Å². The first-order valence-corrected chi connectivity index (χ1v) is 8.55. The van der Waals surface area contributed by atoms with Crippen molar-refractivity contribution in [1.29, 1.82) is 0 Å². The van der Waals surface area contributed by atoms with Crippen molar-refractivity contribution in [2.45, 2.75) is 5.75 Å². The number of benzene rings is 2. The van der Waals surface area contributed by atoms with Crippen LogP contribution in [0.4, 0.5) is 0 Å². The van der Waals surface area contributed by atoms with Gasteiger partial charge in [0.15, 0.2) is 11.1 Å². The molecule has 21 heavy (non-hydrogen) atoms. The molecule has 3 aromatic rings. The van der Waals surface area contributed by atoms with Crippen molar-refractivity contribution in [1.82, 2.24) is 4.98 Å². The zero-order valence-electron chi connectivity index (χ0n) is 11.1. The Hall–Kier alpha value is -1.82. The molecule has 2 aromatic carbocycles. The van der Waals surface area contributed by atoms with Gasteiger partial charge in [-0.3, -0.25) is 0 Å². The van der Waals surface area contributed by atoms with E-state index in [9.17, 15) is 4.21 Å². The molecule has 0 spiro atoms. The average Bonchev–Trinajstić information content (AvgIpc) is 2.98. The van der Waals surface area contributed by atoms with E-state index < -0.39 is 11.1 Å². The highest BCUT2D eigenvalue weighted by Gasteiger charge is 2.07. The zero-order chi connectivity index (χ0) is 14.7. The smallest absolute Gasteiger partial charge is 0.157 e. The fourth-order valence-corrected chi connectivity index (χ4v) is 3.38. The lowest BCUT2D eigenvalue weighted by Gasteiger charge is -2.01. The van der Waals surface area contributed by atoms with Gasteiger partial charge in [-0.2, -0.15) is 0 Å². The van der Waals surface area contributed by atoms with E-state index in [2.05, 4.69) is 4.98 Å². The van der Waals surface area contributed by atoms with Gasteiger partial charge in [0.25, 0.3) is 0 Å². The third-order valence-corrected chi connectivity index (χ3v) is 4.51. The highest BCUT2D eigenvalue weighted by atomic mass is 32.2. The highest BCUT2D eigenvalue weighted by Crippen LogP contribution is 2.29. The Balaban J connectivity index is 1.91. The van der Waals surface area contributed by atoms with Crippen LogP contribution in [-0.2, 0) is 16.8 Å². The molecule has 0 aliphatic heterocycles. The Morgan fingerprint density at radius 3 is 2.57 bits per heavy atom. The summed E-state index contributed by atoms with van der Waals surface area (Å²) in [6.07, 6.45) is 0. The number of rotatable bonds is 4. The molecule has 5 heteroatoms. The van der Waals surface area contributed by atoms with Crippen LogP contribution in [-0.4, -0.2) is 13.7 Å². The first kappa shape index (κ1) is 14.1. The lowest BCUT2D eigenvalue weighted by atomic mass is 10.1. The Bertz CT molecular complexity index is 769. The van der Waals surface area contributed by atoms with Crippen molar-refractivity contribution >= 4 is 22.4 Å². The molecule has 0 saturated heterocycles. The van der Waals surface area contributed by atoms with Gasteiger partial charge in [-0.1, -0.05) is 48.5 Å². The van der Waals surface area contributed by atoms with Gasteiger partial charge in [0.1, 0.15) is 5.01 Å². The van der Waals surface area contributed by atoms with Crippen LogP contribution in [0.25, 0.3) is 21.8 Å². The summed E-state index contributed by atoms with van der Waals surface area (Å²) in [6, 6.07) is 17.7. The van der Waals surface area contributed by atoms with Crippen molar-refractivity contribution in [3.8, 4) is 21.8 Å². The van der Waals surface area contributed by atoms with E-state index in [0.29, 0.717) is 0 Å². The highest BCUT2D eigenvalue weighted by molar-refractivity contribution is 7.78. The molecule has 1 atom stereocenters. The molecule has 0 fully saturated rings. The molecular formula is C16H13NO2S2. The maximum absolute atomic E-state index is 10.9.